The number of thiophene rings is 1. The molecular formula is C26H22FNO3S. The number of fused-ring (bicyclic) bond motifs is 1. The molecule has 1 aliphatic heterocycles. The van der Waals surface area contributed by atoms with Crippen LogP contribution in [0.3, 0.4) is 0 Å². The zero-order valence-electron chi connectivity index (χ0n) is 17.4. The molecule has 1 aliphatic rings. The second-order valence-electron chi connectivity index (χ2n) is 7.94. The van der Waals surface area contributed by atoms with E-state index < -0.39 is 11.6 Å². The van der Waals surface area contributed by atoms with E-state index in [9.17, 15) is 14.3 Å². The summed E-state index contributed by atoms with van der Waals surface area (Å²) in [5.41, 5.74) is 1.22. The molecule has 0 saturated carbocycles. The molecule has 0 spiro atoms. The molecule has 1 saturated heterocycles. The molecule has 0 radical (unpaired) electrons. The SMILES string of the molecule is O=C(c1ccccc1F)c1sc2cc(O)ccc2c1Oc1ccc(CCN2CCC2)cc1. The Balaban J connectivity index is 1.46. The van der Waals surface area contributed by atoms with Crippen LogP contribution in [0.15, 0.2) is 66.7 Å². The Hall–Kier alpha value is -3.22. The summed E-state index contributed by atoms with van der Waals surface area (Å²) in [5, 5.41) is 10.6. The molecule has 1 aromatic heterocycles. The molecule has 1 fully saturated rings. The third-order valence-electron chi connectivity index (χ3n) is 5.76. The Labute approximate surface area is 189 Å². The number of aromatic hydroxyl groups is 1. The highest BCUT2D eigenvalue weighted by Crippen LogP contribution is 2.42. The van der Waals surface area contributed by atoms with Crippen molar-refractivity contribution in [1.82, 2.24) is 4.90 Å². The number of rotatable bonds is 7. The van der Waals surface area contributed by atoms with Crippen LogP contribution in [-0.2, 0) is 6.42 Å². The summed E-state index contributed by atoms with van der Waals surface area (Å²) in [4.78, 5) is 15.9. The molecule has 6 heteroatoms. The average Bonchev–Trinajstić information content (AvgIpc) is 3.11. The third kappa shape index (κ3) is 4.11. The molecule has 2 heterocycles. The molecule has 4 nitrogen and oxygen atoms in total. The first-order valence-corrected chi connectivity index (χ1v) is 11.4. The van der Waals surface area contributed by atoms with E-state index in [1.54, 1.807) is 30.3 Å². The number of halogens is 1. The van der Waals surface area contributed by atoms with Gasteiger partial charge < -0.3 is 14.7 Å². The van der Waals surface area contributed by atoms with Crippen LogP contribution in [0.4, 0.5) is 4.39 Å². The van der Waals surface area contributed by atoms with E-state index in [-0.39, 0.29) is 11.3 Å². The third-order valence-corrected chi connectivity index (χ3v) is 6.89. The Morgan fingerprint density at radius 3 is 2.56 bits per heavy atom. The van der Waals surface area contributed by atoms with Gasteiger partial charge in [-0.25, -0.2) is 4.39 Å². The highest BCUT2D eigenvalue weighted by Gasteiger charge is 2.24. The predicted molar refractivity (Wildman–Crippen MR) is 125 cm³/mol. The molecule has 3 aromatic carbocycles. The lowest BCUT2D eigenvalue weighted by Gasteiger charge is -2.30. The van der Waals surface area contributed by atoms with Gasteiger partial charge in [-0.1, -0.05) is 24.3 Å². The fourth-order valence-electron chi connectivity index (χ4n) is 3.81. The molecule has 1 N–H and O–H groups in total. The fourth-order valence-corrected chi connectivity index (χ4v) is 4.93. The smallest absolute Gasteiger partial charge is 0.209 e. The van der Waals surface area contributed by atoms with E-state index in [1.165, 1.54) is 48.5 Å². The minimum absolute atomic E-state index is 0.00512. The van der Waals surface area contributed by atoms with Crippen molar-refractivity contribution in [2.24, 2.45) is 0 Å². The number of hydrogen-bond acceptors (Lipinski definition) is 5. The van der Waals surface area contributed by atoms with Crippen LogP contribution in [0.2, 0.25) is 0 Å². The summed E-state index contributed by atoms with van der Waals surface area (Å²) >= 11 is 1.19. The quantitative estimate of drug-likeness (QED) is 0.352. The maximum absolute atomic E-state index is 14.3. The molecule has 162 valence electrons. The van der Waals surface area contributed by atoms with Gasteiger partial charge in [-0.15, -0.1) is 11.3 Å². The van der Waals surface area contributed by atoms with Gasteiger partial charge in [0.1, 0.15) is 22.2 Å². The maximum atomic E-state index is 14.3. The van der Waals surface area contributed by atoms with Crippen molar-refractivity contribution < 1.29 is 19.0 Å². The van der Waals surface area contributed by atoms with E-state index in [4.69, 9.17) is 4.74 Å². The van der Waals surface area contributed by atoms with E-state index in [1.807, 2.05) is 24.3 Å². The number of phenolic OH excluding ortho intramolecular Hbond substituents is 1. The lowest BCUT2D eigenvalue weighted by molar-refractivity contribution is 0.103. The summed E-state index contributed by atoms with van der Waals surface area (Å²) in [6.07, 6.45) is 2.27. The van der Waals surface area contributed by atoms with Gasteiger partial charge in [0, 0.05) is 16.6 Å². The number of ether oxygens (including phenoxy) is 1. The van der Waals surface area contributed by atoms with Crippen molar-refractivity contribution in [3.63, 3.8) is 0 Å². The summed E-state index contributed by atoms with van der Waals surface area (Å²) in [7, 11) is 0. The Morgan fingerprint density at radius 2 is 1.84 bits per heavy atom. The number of ketones is 1. The molecule has 0 amide bonds. The Bertz CT molecular complexity index is 1280. The molecule has 32 heavy (non-hydrogen) atoms. The highest BCUT2D eigenvalue weighted by molar-refractivity contribution is 7.21. The number of phenols is 1. The first-order chi connectivity index (χ1) is 15.6. The van der Waals surface area contributed by atoms with E-state index in [0.29, 0.717) is 26.5 Å². The predicted octanol–water partition coefficient (Wildman–Crippen LogP) is 6.02. The van der Waals surface area contributed by atoms with Crippen LogP contribution in [-0.4, -0.2) is 35.4 Å². The Kier molecular flexibility index (Phi) is 5.64. The molecule has 0 aliphatic carbocycles. The van der Waals surface area contributed by atoms with Gasteiger partial charge in [-0.3, -0.25) is 4.79 Å². The monoisotopic (exact) mass is 447 g/mol. The van der Waals surface area contributed by atoms with Crippen LogP contribution in [0.25, 0.3) is 10.1 Å². The summed E-state index contributed by atoms with van der Waals surface area (Å²) < 4.78 is 21.2. The molecule has 0 atom stereocenters. The van der Waals surface area contributed by atoms with Gasteiger partial charge in [0.05, 0.1) is 5.56 Å². The van der Waals surface area contributed by atoms with Crippen molar-refractivity contribution >= 4 is 27.2 Å². The minimum Gasteiger partial charge on any atom is -0.508 e. The first-order valence-electron chi connectivity index (χ1n) is 10.6. The van der Waals surface area contributed by atoms with Crippen LogP contribution in [0.5, 0.6) is 17.2 Å². The fraction of sp³-hybridized carbons (Fsp3) is 0.192. The number of benzene rings is 3. The lowest BCUT2D eigenvalue weighted by atomic mass is 10.1. The second kappa shape index (κ2) is 8.73. The molecular weight excluding hydrogens is 425 g/mol. The van der Waals surface area contributed by atoms with Gasteiger partial charge >= 0.3 is 0 Å². The summed E-state index contributed by atoms with van der Waals surface area (Å²) in [6, 6.07) is 18.6. The van der Waals surface area contributed by atoms with E-state index >= 15 is 0 Å². The van der Waals surface area contributed by atoms with E-state index in [0.717, 1.165) is 13.0 Å². The van der Waals surface area contributed by atoms with Gasteiger partial charge in [0.25, 0.3) is 0 Å². The number of nitrogens with zero attached hydrogens (tertiary/aromatic N) is 1. The second-order valence-corrected chi connectivity index (χ2v) is 8.99. The summed E-state index contributed by atoms with van der Waals surface area (Å²) in [5.74, 6) is 0.0710. The topological polar surface area (TPSA) is 49.8 Å². The summed E-state index contributed by atoms with van der Waals surface area (Å²) in [6.45, 7) is 3.42. The van der Waals surface area contributed by atoms with Crippen LogP contribution >= 0.6 is 11.3 Å². The normalized spacial score (nSPS) is 13.8. The lowest BCUT2D eigenvalue weighted by Crippen LogP contribution is -2.38. The number of carbonyl (C=O) groups excluding carboxylic acids is 1. The number of likely N-dealkylation sites (tertiary alicyclic amines) is 1. The molecule has 5 rings (SSSR count). The van der Waals surface area contributed by atoms with Crippen LogP contribution < -0.4 is 4.74 Å². The Morgan fingerprint density at radius 1 is 1.06 bits per heavy atom. The average molecular weight is 448 g/mol. The zero-order chi connectivity index (χ0) is 22.1. The van der Waals surface area contributed by atoms with Gasteiger partial charge in [0.15, 0.2) is 5.75 Å². The van der Waals surface area contributed by atoms with Gasteiger partial charge in [-0.2, -0.15) is 0 Å². The molecule has 4 aromatic rings. The van der Waals surface area contributed by atoms with Gasteiger partial charge in [-0.05, 0) is 74.0 Å². The van der Waals surface area contributed by atoms with Crippen molar-refractivity contribution in [2.75, 3.05) is 19.6 Å². The highest BCUT2D eigenvalue weighted by atomic mass is 32.1. The van der Waals surface area contributed by atoms with Crippen molar-refractivity contribution in [3.8, 4) is 17.2 Å². The molecule has 0 bridgehead atoms. The van der Waals surface area contributed by atoms with Crippen molar-refractivity contribution in [1.29, 1.82) is 0 Å². The zero-order valence-corrected chi connectivity index (χ0v) is 18.2. The van der Waals surface area contributed by atoms with Crippen LogP contribution in [0.1, 0.15) is 27.2 Å². The maximum Gasteiger partial charge on any atom is 0.209 e. The van der Waals surface area contributed by atoms with E-state index in [2.05, 4.69) is 4.90 Å². The number of hydrogen-bond donors (Lipinski definition) is 1. The number of carbonyl (C=O) groups is 1. The van der Waals surface area contributed by atoms with Crippen LogP contribution in [0, 0.1) is 5.82 Å². The molecule has 0 unspecified atom stereocenters. The van der Waals surface area contributed by atoms with Crippen molar-refractivity contribution in [3.05, 3.63) is 88.6 Å². The minimum atomic E-state index is -0.574. The van der Waals surface area contributed by atoms with Crippen molar-refractivity contribution in [2.45, 2.75) is 12.8 Å². The largest absolute Gasteiger partial charge is 0.508 e. The van der Waals surface area contributed by atoms with Gasteiger partial charge in [0.2, 0.25) is 5.78 Å². The first kappa shape index (κ1) is 20.7. The standard InChI is InChI=1S/C26H22FNO3S/c27-22-5-2-1-4-20(22)24(30)26-25(21-11-8-18(29)16-23(21)32-26)31-19-9-6-17(7-10-19)12-15-28-13-3-14-28/h1-2,4-11,16,29H,3,12-15H2.